The van der Waals surface area contributed by atoms with E-state index in [2.05, 4.69) is 10.4 Å². The third-order valence-corrected chi connectivity index (χ3v) is 6.52. The summed E-state index contributed by atoms with van der Waals surface area (Å²) in [4.78, 5) is 49.3. The van der Waals surface area contributed by atoms with E-state index in [0.717, 1.165) is 27.1 Å². The van der Waals surface area contributed by atoms with Gasteiger partial charge in [0.25, 0.3) is 11.2 Å². The summed E-state index contributed by atoms with van der Waals surface area (Å²) in [6.07, 6.45) is -0.0570. The molecule has 10 nitrogen and oxygen atoms in total. The average molecular weight is 507 g/mol. The maximum Gasteiger partial charge on any atom is 0.359 e. The number of rotatable bonds is 7. The fraction of sp³-hybridized carbons (Fsp3) is 0.200. The molecule has 2 aromatic heterocycles. The van der Waals surface area contributed by atoms with E-state index in [9.17, 15) is 24.5 Å². The van der Waals surface area contributed by atoms with Crippen molar-refractivity contribution in [3.8, 4) is 5.69 Å². The molecule has 0 aliphatic carbocycles. The fourth-order valence-electron chi connectivity index (χ4n) is 3.62. The largest absolute Gasteiger partial charge is 0.461 e. The summed E-state index contributed by atoms with van der Waals surface area (Å²) in [6.45, 7) is 5.66. The van der Waals surface area contributed by atoms with Crippen LogP contribution >= 0.6 is 11.3 Å². The van der Waals surface area contributed by atoms with Gasteiger partial charge in [0, 0.05) is 22.9 Å². The normalized spacial score (nSPS) is 10.9. The zero-order chi connectivity index (χ0) is 26.0. The lowest BCUT2D eigenvalue weighted by Gasteiger charge is -2.11. The number of hydrogen-bond acceptors (Lipinski definition) is 8. The van der Waals surface area contributed by atoms with Gasteiger partial charge in [-0.2, -0.15) is 9.78 Å². The van der Waals surface area contributed by atoms with Crippen molar-refractivity contribution < 1.29 is 19.2 Å². The molecule has 1 amide bonds. The molecule has 1 N–H and O–H groups in total. The van der Waals surface area contributed by atoms with E-state index >= 15 is 0 Å². The van der Waals surface area contributed by atoms with Crippen molar-refractivity contribution in [1.82, 2.24) is 9.78 Å². The van der Waals surface area contributed by atoms with Gasteiger partial charge in [0.1, 0.15) is 5.00 Å². The van der Waals surface area contributed by atoms with Crippen LogP contribution in [-0.2, 0) is 16.0 Å². The van der Waals surface area contributed by atoms with Crippen molar-refractivity contribution >= 4 is 44.7 Å². The summed E-state index contributed by atoms with van der Waals surface area (Å²) in [5.41, 5.74) is 2.43. The summed E-state index contributed by atoms with van der Waals surface area (Å²) in [5.74, 6) is -1.10. The molecular weight excluding hydrogens is 484 g/mol. The number of nitrogens with zero attached hydrogens (tertiary/aromatic N) is 3. The average Bonchev–Trinajstić information content (AvgIpc) is 3.25. The number of amides is 1. The van der Waals surface area contributed by atoms with Gasteiger partial charge in [-0.1, -0.05) is 18.2 Å². The zero-order valence-electron chi connectivity index (χ0n) is 19.7. The number of nitro groups is 1. The smallest absolute Gasteiger partial charge is 0.359 e. The summed E-state index contributed by atoms with van der Waals surface area (Å²) >= 11 is 1.10. The molecular formula is C25H22N4O6S. The third kappa shape index (κ3) is 4.86. The number of aromatic nitrogens is 2. The number of ether oxygens (including phenoxy) is 1. The van der Waals surface area contributed by atoms with E-state index in [1.807, 2.05) is 19.9 Å². The van der Waals surface area contributed by atoms with E-state index in [-0.39, 0.29) is 40.2 Å². The number of esters is 1. The van der Waals surface area contributed by atoms with E-state index in [1.54, 1.807) is 24.4 Å². The van der Waals surface area contributed by atoms with Crippen LogP contribution in [0.3, 0.4) is 0 Å². The van der Waals surface area contributed by atoms with Crippen molar-refractivity contribution in [2.24, 2.45) is 0 Å². The lowest BCUT2D eigenvalue weighted by Crippen LogP contribution is -2.26. The van der Waals surface area contributed by atoms with Crippen molar-refractivity contribution in [2.45, 2.75) is 27.2 Å². The lowest BCUT2D eigenvalue weighted by atomic mass is 10.1. The molecule has 0 aliphatic heterocycles. The molecule has 0 radical (unpaired) electrons. The molecule has 36 heavy (non-hydrogen) atoms. The Morgan fingerprint density at radius 2 is 1.86 bits per heavy atom. The molecule has 2 aromatic carbocycles. The maximum absolute atomic E-state index is 13.5. The van der Waals surface area contributed by atoms with Crippen LogP contribution in [0.2, 0.25) is 0 Å². The molecule has 0 unspecified atom stereocenters. The Morgan fingerprint density at radius 3 is 2.50 bits per heavy atom. The SMILES string of the molecule is CCOC(=O)c1nn(-c2ccc(C)c(C)c2)c(=O)c2c(NC(=O)Cc3ccc([N+](=O)[O-])cc3)scc12. The highest BCUT2D eigenvalue weighted by Crippen LogP contribution is 2.31. The first-order chi connectivity index (χ1) is 17.2. The minimum absolute atomic E-state index is 0.0307. The molecule has 0 atom stereocenters. The van der Waals surface area contributed by atoms with Crippen molar-refractivity contribution in [2.75, 3.05) is 11.9 Å². The molecule has 0 fully saturated rings. The van der Waals surface area contributed by atoms with Gasteiger partial charge < -0.3 is 10.1 Å². The number of carbonyl (C=O) groups is 2. The number of nitro benzene ring substituents is 1. The second kappa shape index (κ2) is 10.1. The highest BCUT2D eigenvalue weighted by Gasteiger charge is 2.23. The van der Waals surface area contributed by atoms with Crippen LogP contribution in [0, 0.1) is 24.0 Å². The monoisotopic (exact) mass is 506 g/mol. The van der Waals surface area contributed by atoms with Crippen LogP contribution in [0.1, 0.15) is 34.1 Å². The van der Waals surface area contributed by atoms with E-state index < -0.39 is 22.4 Å². The first-order valence-corrected chi connectivity index (χ1v) is 11.9. The number of aryl methyl sites for hydroxylation is 2. The summed E-state index contributed by atoms with van der Waals surface area (Å²) in [5, 5.41) is 20.2. The van der Waals surface area contributed by atoms with Gasteiger partial charge in [0.2, 0.25) is 5.91 Å². The van der Waals surface area contributed by atoms with Gasteiger partial charge in [0.05, 0.1) is 29.0 Å². The summed E-state index contributed by atoms with van der Waals surface area (Å²) in [7, 11) is 0. The Morgan fingerprint density at radius 1 is 1.14 bits per heavy atom. The molecule has 0 bridgehead atoms. The van der Waals surface area contributed by atoms with Crippen LogP contribution in [0.5, 0.6) is 0 Å². The minimum atomic E-state index is -0.679. The topological polar surface area (TPSA) is 133 Å². The second-order valence-electron chi connectivity index (χ2n) is 8.06. The minimum Gasteiger partial charge on any atom is -0.461 e. The first-order valence-electron chi connectivity index (χ1n) is 11.0. The van der Waals surface area contributed by atoms with Gasteiger partial charge in [-0.3, -0.25) is 19.7 Å². The standard InChI is InChI=1S/C25H22N4O6S/c1-4-35-25(32)22-19-13-36-23(26-20(30)12-16-6-9-17(10-7-16)29(33)34)21(19)24(31)28(27-22)18-8-5-14(2)15(3)11-18/h5-11,13H,4,12H2,1-3H3,(H,26,30). The number of carbonyl (C=O) groups excluding carboxylic acids is 2. The van der Waals surface area contributed by atoms with Gasteiger partial charge >= 0.3 is 5.97 Å². The molecule has 0 saturated carbocycles. The zero-order valence-corrected chi connectivity index (χ0v) is 20.5. The first kappa shape index (κ1) is 24.7. The highest BCUT2D eigenvalue weighted by molar-refractivity contribution is 7.16. The summed E-state index contributed by atoms with van der Waals surface area (Å²) < 4.78 is 6.30. The Labute approximate surface area is 209 Å². The van der Waals surface area contributed by atoms with E-state index in [4.69, 9.17) is 4.74 Å². The number of non-ortho nitro benzene ring substituents is 1. The van der Waals surface area contributed by atoms with Crippen molar-refractivity contribution in [3.05, 3.63) is 90.7 Å². The van der Waals surface area contributed by atoms with Crippen LogP contribution in [0.4, 0.5) is 10.7 Å². The number of hydrogen-bond donors (Lipinski definition) is 1. The molecule has 4 rings (SSSR count). The number of benzene rings is 2. The van der Waals surface area contributed by atoms with Crippen molar-refractivity contribution in [3.63, 3.8) is 0 Å². The van der Waals surface area contributed by atoms with E-state index in [1.165, 1.54) is 24.3 Å². The van der Waals surface area contributed by atoms with Crippen LogP contribution in [-0.4, -0.2) is 33.2 Å². The van der Waals surface area contributed by atoms with Crippen molar-refractivity contribution in [1.29, 1.82) is 0 Å². The molecule has 0 saturated heterocycles. The Bertz CT molecular complexity index is 1560. The third-order valence-electron chi connectivity index (χ3n) is 5.62. The van der Waals surface area contributed by atoms with Gasteiger partial charge in [0.15, 0.2) is 5.69 Å². The quantitative estimate of drug-likeness (QED) is 0.224. The van der Waals surface area contributed by atoms with Gasteiger partial charge in [-0.15, -0.1) is 11.3 Å². The van der Waals surface area contributed by atoms with E-state index in [0.29, 0.717) is 11.3 Å². The highest BCUT2D eigenvalue weighted by atomic mass is 32.1. The molecule has 0 aliphatic rings. The molecule has 0 spiro atoms. The molecule has 2 heterocycles. The Hall–Kier alpha value is -4.38. The Kier molecular flexibility index (Phi) is 6.93. The number of fused-ring (bicyclic) bond motifs is 1. The molecule has 4 aromatic rings. The van der Waals surface area contributed by atoms with Gasteiger partial charge in [-0.25, -0.2) is 4.79 Å². The molecule has 11 heteroatoms. The maximum atomic E-state index is 13.5. The number of nitrogens with one attached hydrogen (secondary N) is 1. The number of anilines is 1. The second-order valence-corrected chi connectivity index (χ2v) is 8.94. The predicted molar refractivity (Wildman–Crippen MR) is 136 cm³/mol. The Balaban J connectivity index is 1.75. The number of thiophene rings is 1. The predicted octanol–water partition coefficient (Wildman–Crippen LogP) is 4.33. The van der Waals surface area contributed by atoms with Gasteiger partial charge in [-0.05, 0) is 49.6 Å². The van der Waals surface area contributed by atoms with Crippen LogP contribution in [0.15, 0.2) is 52.6 Å². The fourth-order valence-corrected chi connectivity index (χ4v) is 4.57. The van der Waals surface area contributed by atoms with Crippen LogP contribution < -0.4 is 10.9 Å². The molecule has 184 valence electrons. The summed E-state index contributed by atoms with van der Waals surface area (Å²) in [6, 6.07) is 11.0. The van der Waals surface area contributed by atoms with Crippen LogP contribution in [0.25, 0.3) is 16.5 Å². The lowest BCUT2D eigenvalue weighted by molar-refractivity contribution is -0.384.